The van der Waals surface area contributed by atoms with E-state index in [-0.39, 0.29) is 33.5 Å². The summed E-state index contributed by atoms with van der Waals surface area (Å²) in [4.78, 5) is 23.8. The Balaban J connectivity index is 1.48. The number of rotatable bonds is 5. The third kappa shape index (κ3) is 3.88. The van der Waals surface area contributed by atoms with Gasteiger partial charge in [-0.2, -0.15) is 0 Å². The van der Waals surface area contributed by atoms with Crippen LogP contribution in [0.2, 0.25) is 0 Å². The van der Waals surface area contributed by atoms with E-state index in [4.69, 9.17) is 9.97 Å². The van der Waals surface area contributed by atoms with Gasteiger partial charge < -0.3 is 10.2 Å². The van der Waals surface area contributed by atoms with Crippen molar-refractivity contribution in [2.24, 2.45) is 39.9 Å². The standard InChI is InChI=1S/C32H50N2O3/c1-27(2,36)12-9-13-32(8,37)20-10-14-31(7)25(20)22(35)18-24-29(5)19-21-26(34-17-16-33-21)28(3,4)23(29)11-15-30(24,31)6/h16-17,20,23-25,36-37H,9-15,18-19H2,1-8H3/t20-,23-,24+,25-,29-,30+,31+,32+/m0/s1. The molecule has 5 rings (SSSR count). The minimum atomic E-state index is -0.894. The molecular formula is C32H50N2O3. The second kappa shape index (κ2) is 8.34. The Morgan fingerprint density at radius 1 is 0.919 bits per heavy atom. The summed E-state index contributed by atoms with van der Waals surface area (Å²) in [6.07, 6.45) is 11.4. The highest BCUT2D eigenvalue weighted by atomic mass is 16.3. The quantitative estimate of drug-likeness (QED) is 0.504. The summed E-state index contributed by atoms with van der Waals surface area (Å²) in [6.45, 7) is 17.6. The highest BCUT2D eigenvalue weighted by Gasteiger charge is 2.71. The minimum Gasteiger partial charge on any atom is -0.390 e. The Hall–Kier alpha value is -1.33. The fourth-order valence-corrected chi connectivity index (χ4v) is 10.6. The van der Waals surface area contributed by atoms with E-state index in [2.05, 4.69) is 34.6 Å². The largest absolute Gasteiger partial charge is 0.390 e. The summed E-state index contributed by atoms with van der Waals surface area (Å²) in [5.74, 6) is 1.05. The molecule has 3 fully saturated rings. The molecule has 4 aliphatic rings. The van der Waals surface area contributed by atoms with Crippen molar-refractivity contribution in [3.05, 3.63) is 23.8 Å². The SMILES string of the molecule is CC(C)(O)CCC[C@@](C)(O)[C@H]1CC[C@]2(C)[C@@H]1C(=O)C[C@@H]1[C@@]3(C)Cc4nccnc4C(C)(C)[C@@H]3CC[C@]12C. The van der Waals surface area contributed by atoms with Crippen molar-refractivity contribution in [3.63, 3.8) is 0 Å². The predicted molar refractivity (Wildman–Crippen MR) is 146 cm³/mol. The molecule has 1 aromatic rings. The molecule has 0 amide bonds. The van der Waals surface area contributed by atoms with Crippen molar-refractivity contribution in [1.29, 1.82) is 0 Å². The van der Waals surface area contributed by atoms with E-state index in [1.807, 2.05) is 33.2 Å². The smallest absolute Gasteiger partial charge is 0.137 e. The molecule has 1 heterocycles. The lowest BCUT2D eigenvalue weighted by atomic mass is 9.35. The Morgan fingerprint density at radius 3 is 2.24 bits per heavy atom. The van der Waals surface area contributed by atoms with Crippen LogP contribution in [0.5, 0.6) is 0 Å². The van der Waals surface area contributed by atoms with Gasteiger partial charge in [0.05, 0.1) is 22.6 Å². The third-order valence-electron chi connectivity index (χ3n) is 12.5. The molecule has 5 heteroatoms. The summed E-state index contributed by atoms with van der Waals surface area (Å²) in [7, 11) is 0. The normalized spacial score (nSPS) is 42.3. The second-order valence-corrected chi connectivity index (χ2v) is 15.6. The number of nitrogens with zero attached hydrogens (tertiary/aromatic N) is 2. The third-order valence-corrected chi connectivity index (χ3v) is 12.5. The van der Waals surface area contributed by atoms with Crippen molar-refractivity contribution < 1.29 is 15.0 Å². The van der Waals surface area contributed by atoms with Crippen LogP contribution >= 0.6 is 0 Å². The van der Waals surface area contributed by atoms with E-state index in [9.17, 15) is 15.0 Å². The molecular weight excluding hydrogens is 460 g/mol. The maximum absolute atomic E-state index is 14.2. The van der Waals surface area contributed by atoms with Crippen molar-refractivity contribution >= 4 is 5.78 Å². The molecule has 0 unspecified atom stereocenters. The van der Waals surface area contributed by atoms with E-state index in [1.165, 1.54) is 0 Å². The van der Waals surface area contributed by atoms with Crippen molar-refractivity contribution in [3.8, 4) is 0 Å². The summed E-state index contributed by atoms with van der Waals surface area (Å²) < 4.78 is 0. The molecule has 0 bridgehead atoms. The first-order valence-corrected chi connectivity index (χ1v) is 14.8. The lowest BCUT2D eigenvalue weighted by Gasteiger charge is -2.68. The van der Waals surface area contributed by atoms with E-state index >= 15 is 0 Å². The molecule has 0 saturated heterocycles. The predicted octanol–water partition coefficient (Wildman–Crippen LogP) is 6.05. The van der Waals surface area contributed by atoms with Crippen LogP contribution in [0.1, 0.15) is 118 Å². The number of fused-ring (bicyclic) bond motifs is 6. The monoisotopic (exact) mass is 510 g/mol. The Morgan fingerprint density at radius 2 is 1.57 bits per heavy atom. The molecule has 37 heavy (non-hydrogen) atoms. The van der Waals surface area contributed by atoms with Crippen LogP contribution in [0.4, 0.5) is 0 Å². The molecule has 0 radical (unpaired) electrons. The first-order valence-electron chi connectivity index (χ1n) is 14.8. The number of aliphatic hydroxyl groups is 2. The first-order chi connectivity index (χ1) is 17.0. The van der Waals surface area contributed by atoms with Gasteiger partial charge in [0.25, 0.3) is 0 Å². The van der Waals surface area contributed by atoms with E-state index in [0.29, 0.717) is 36.9 Å². The maximum Gasteiger partial charge on any atom is 0.137 e. The molecule has 4 aliphatic carbocycles. The highest BCUT2D eigenvalue weighted by molar-refractivity contribution is 5.84. The Labute approximate surface area is 224 Å². The van der Waals surface area contributed by atoms with Crippen LogP contribution in [-0.4, -0.2) is 37.2 Å². The lowest BCUT2D eigenvalue weighted by molar-refractivity contribution is -0.194. The van der Waals surface area contributed by atoms with Gasteiger partial charge in [-0.25, -0.2) is 0 Å². The average Bonchev–Trinajstić information content (AvgIpc) is 3.15. The number of Topliss-reactive ketones (excluding diaryl/α,β-unsaturated/α-hetero) is 1. The van der Waals surface area contributed by atoms with Crippen LogP contribution < -0.4 is 0 Å². The van der Waals surface area contributed by atoms with Crippen LogP contribution in [0, 0.1) is 39.9 Å². The zero-order valence-electron chi connectivity index (χ0n) is 24.5. The van der Waals surface area contributed by atoms with Gasteiger partial charge >= 0.3 is 0 Å². The molecule has 3 saturated carbocycles. The van der Waals surface area contributed by atoms with Gasteiger partial charge in [0, 0.05) is 30.1 Å². The molecule has 2 N–H and O–H groups in total. The minimum absolute atomic E-state index is 0.00349. The molecule has 0 spiro atoms. The van der Waals surface area contributed by atoms with E-state index in [1.54, 1.807) is 0 Å². The molecule has 8 atom stereocenters. The summed E-state index contributed by atoms with van der Waals surface area (Å²) >= 11 is 0. The molecule has 5 nitrogen and oxygen atoms in total. The van der Waals surface area contributed by atoms with Crippen molar-refractivity contribution in [2.45, 2.75) is 130 Å². The molecule has 1 aromatic heterocycles. The van der Waals surface area contributed by atoms with Gasteiger partial charge in [0.15, 0.2) is 0 Å². The van der Waals surface area contributed by atoms with Crippen molar-refractivity contribution in [2.75, 3.05) is 0 Å². The molecule has 0 aliphatic heterocycles. The van der Waals surface area contributed by atoms with Gasteiger partial charge in [-0.3, -0.25) is 14.8 Å². The van der Waals surface area contributed by atoms with Gasteiger partial charge in [-0.05, 0) is 106 Å². The number of hydrogen-bond acceptors (Lipinski definition) is 5. The number of aromatic nitrogens is 2. The fraction of sp³-hybridized carbons (Fsp3) is 0.844. The topological polar surface area (TPSA) is 83.3 Å². The van der Waals surface area contributed by atoms with Gasteiger partial charge in [0.2, 0.25) is 0 Å². The zero-order valence-corrected chi connectivity index (χ0v) is 24.5. The van der Waals surface area contributed by atoms with Crippen LogP contribution in [0.25, 0.3) is 0 Å². The van der Waals surface area contributed by atoms with Crippen LogP contribution in [0.3, 0.4) is 0 Å². The lowest BCUT2D eigenvalue weighted by Crippen LogP contribution is -2.65. The van der Waals surface area contributed by atoms with Crippen LogP contribution in [-0.2, 0) is 16.6 Å². The van der Waals surface area contributed by atoms with Gasteiger partial charge in [-0.1, -0.05) is 34.6 Å². The first kappa shape index (κ1) is 27.2. The molecule has 0 aromatic carbocycles. The Kier molecular flexibility index (Phi) is 6.14. The maximum atomic E-state index is 14.2. The number of carbonyl (C=O) groups is 1. The summed E-state index contributed by atoms with van der Waals surface area (Å²) in [5.41, 5.74) is 0.507. The van der Waals surface area contributed by atoms with Crippen LogP contribution in [0.15, 0.2) is 12.4 Å². The average molecular weight is 511 g/mol. The van der Waals surface area contributed by atoms with Gasteiger partial charge in [0.1, 0.15) is 5.78 Å². The highest BCUT2D eigenvalue weighted by Crippen LogP contribution is 2.74. The van der Waals surface area contributed by atoms with E-state index < -0.39 is 11.2 Å². The zero-order chi connectivity index (χ0) is 27.2. The van der Waals surface area contributed by atoms with Crippen molar-refractivity contribution in [1.82, 2.24) is 9.97 Å². The van der Waals surface area contributed by atoms with E-state index in [0.717, 1.165) is 49.9 Å². The number of ketones is 1. The summed E-state index contributed by atoms with van der Waals surface area (Å²) in [5, 5.41) is 21.9. The Bertz CT molecular complexity index is 1070. The molecule has 206 valence electrons. The number of carbonyl (C=O) groups excluding carboxylic acids is 1. The second-order valence-electron chi connectivity index (χ2n) is 15.6. The fourth-order valence-electron chi connectivity index (χ4n) is 10.6. The summed E-state index contributed by atoms with van der Waals surface area (Å²) in [6, 6.07) is 0. The number of hydrogen-bond donors (Lipinski definition) is 2. The van der Waals surface area contributed by atoms with Gasteiger partial charge in [-0.15, -0.1) is 0 Å².